The summed E-state index contributed by atoms with van der Waals surface area (Å²) in [6, 6.07) is 14.4. The first kappa shape index (κ1) is 24.1. The second-order valence-electron chi connectivity index (χ2n) is 9.76. The van der Waals surface area contributed by atoms with E-state index in [-0.39, 0.29) is 17.7 Å². The largest absolute Gasteiger partial charge is 0.493 e. The van der Waals surface area contributed by atoms with Crippen LogP contribution in [0.4, 0.5) is 0 Å². The van der Waals surface area contributed by atoms with Gasteiger partial charge in [0, 0.05) is 38.3 Å². The highest BCUT2D eigenvalue weighted by atomic mass is 16.5. The van der Waals surface area contributed by atoms with Gasteiger partial charge in [-0.3, -0.25) is 14.4 Å². The molecule has 1 fully saturated rings. The molecule has 38 heavy (non-hydrogen) atoms. The Kier molecular flexibility index (Phi) is 6.06. The molecule has 2 aromatic carbocycles. The minimum absolute atomic E-state index is 0.0669. The highest BCUT2D eigenvalue weighted by Gasteiger charge is 2.48. The fourth-order valence-corrected chi connectivity index (χ4v) is 6.00. The Hall–Kier alpha value is -4.27. The normalized spacial score (nSPS) is 20.4. The summed E-state index contributed by atoms with van der Waals surface area (Å²) in [6.07, 6.45) is 2.21. The van der Waals surface area contributed by atoms with E-state index in [4.69, 9.17) is 13.9 Å². The summed E-state index contributed by atoms with van der Waals surface area (Å²) in [5.74, 6) is 0.243. The van der Waals surface area contributed by atoms with Crippen molar-refractivity contribution in [1.82, 2.24) is 14.7 Å². The molecule has 196 valence electrons. The summed E-state index contributed by atoms with van der Waals surface area (Å²) in [5, 5.41) is 0. The first-order valence-corrected chi connectivity index (χ1v) is 12.8. The van der Waals surface area contributed by atoms with E-state index in [2.05, 4.69) is 6.07 Å². The summed E-state index contributed by atoms with van der Waals surface area (Å²) in [7, 11) is 3.08. The number of piperazine rings is 1. The van der Waals surface area contributed by atoms with Crippen LogP contribution in [0.3, 0.4) is 0 Å². The summed E-state index contributed by atoms with van der Waals surface area (Å²) in [6.45, 7) is 2.13. The van der Waals surface area contributed by atoms with Gasteiger partial charge in [0.25, 0.3) is 11.8 Å². The Labute approximate surface area is 220 Å². The van der Waals surface area contributed by atoms with E-state index >= 15 is 0 Å². The van der Waals surface area contributed by atoms with Gasteiger partial charge in [0.15, 0.2) is 17.3 Å². The zero-order chi connectivity index (χ0) is 26.4. The maximum atomic E-state index is 14.3. The van der Waals surface area contributed by atoms with E-state index in [0.29, 0.717) is 61.1 Å². The molecular weight excluding hydrogens is 486 g/mol. The number of hydrogen-bond acceptors (Lipinski definition) is 6. The highest BCUT2D eigenvalue weighted by Crippen LogP contribution is 2.49. The van der Waals surface area contributed by atoms with Crippen LogP contribution in [-0.2, 0) is 11.2 Å². The van der Waals surface area contributed by atoms with E-state index in [0.717, 1.165) is 17.5 Å². The molecule has 3 aliphatic rings. The molecular formula is C29H29N3O6. The predicted molar refractivity (Wildman–Crippen MR) is 137 cm³/mol. The molecule has 3 amide bonds. The monoisotopic (exact) mass is 515 g/mol. The summed E-state index contributed by atoms with van der Waals surface area (Å²) < 4.78 is 16.3. The van der Waals surface area contributed by atoms with Gasteiger partial charge in [-0.05, 0) is 47.4 Å². The summed E-state index contributed by atoms with van der Waals surface area (Å²) in [4.78, 5) is 46.2. The van der Waals surface area contributed by atoms with Gasteiger partial charge in [0.1, 0.15) is 0 Å². The fourth-order valence-electron chi connectivity index (χ4n) is 6.00. The minimum Gasteiger partial charge on any atom is -0.493 e. The molecule has 1 aromatic heterocycles. The molecule has 0 aliphatic carbocycles. The molecule has 0 unspecified atom stereocenters. The second-order valence-corrected chi connectivity index (χ2v) is 9.76. The third kappa shape index (κ3) is 3.81. The van der Waals surface area contributed by atoms with Gasteiger partial charge in [0.05, 0.1) is 32.4 Å². The predicted octanol–water partition coefficient (Wildman–Crippen LogP) is 3.12. The maximum absolute atomic E-state index is 14.3. The molecule has 0 N–H and O–H groups in total. The van der Waals surface area contributed by atoms with Crippen molar-refractivity contribution >= 4 is 17.7 Å². The summed E-state index contributed by atoms with van der Waals surface area (Å²) >= 11 is 0. The first-order valence-electron chi connectivity index (χ1n) is 12.8. The van der Waals surface area contributed by atoms with Gasteiger partial charge in [-0.15, -0.1) is 0 Å². The van der Waals surface area contributed by atoms with Crippen LogP contribution in [0.15, 0.2) is 59.2 Å². The third-order valence-corrected chi connectivity index (χ3v) is 7.91. The van der Waals surface area contributed by atoms with Gasteiger partial charge >= 0.3 is 0 Å². The lowest BCUT2D eigenvalue weighted by molar-refractivity contribution is -0.136. The van der Waals surface area contributed by atoms with Crippen LogP contribution in [0.25, 0.3) is 0 Å². The number of benzene rings is 2. The van der Waals surface area contributed by atoms with E-state index < -0.39 is 12.0 Å². The molecule has 4 heterocycles. The molecule has 0 spiro atoms. The van der Waals surface area contributed by atoms with Crippen molar-refractivity contribution in [3.63, 3.8) is 0 Å². The number of ether oxygens (including phenoxy) is 2. The third-order valence-electron chi connectivity index (χ3n) is 7.91. The molecule has 9 heteroatoms. The van der Waals surface area contributed by atoms with Crippen molar-refractivity contribution in [1.29, 1.82) is 0 Å². The zero-order valence-electron chi connectivity index (χ0n) is 21.4. The number of amides is 3. The quantitative estimate of drug-likeness (QED) is 0.530. The van der Waals surface area contributed by atoms with Gasteiger partial charge in [0.2, 0.25) is 5.91 Å². The van der Waals surface area contributed by atoms with Gasteiger partial charge in [-0.25, -0.2) is 0 Å². The van der Waals surface area contributed by atoms with Crippen LogP contribution in [0, 0.1) is 0 Å². The number of rotatable bonds is 4. The lowest BCUT2D eigenvalue weighted by Gasteiger charge is -2.47. The van der Waals surface area contributed by atoms with Crippen LogP contribution in [0.1, 0.15) is 49.6 Å². The minimum atomic E-state index is -0.615. The summed E-state index contributed by atoms with van der Waals surface area (Å²) in [5.41, 5.74) is 3.25. The molecule has 0 saturated carbocycles. The van der Waals surface area contributed by atoms with Crippen LogP contribution < -0.4 is 9.47 Å². The van der Waals surface area contributed by atoms with Crippen LogP contribution >= 0.6 is 0 Å². The standard InChI is InChI=1S/C29H29N3O6/c1-36-23-16-20-21(17-24(23)37-2)27(33)32-10-9-18-6-3-4-7-19(18)26(32)25(20)29(35)31-13-11-30(12-14-31)28(34)22-8-5-15-38-22/h3-8,15-17,25-26H,9-14H2,1-2H3/t25-,26-/m0/s1. The molecule has 3 aliphatic heterocycles. The van der Waals surface area contributed by atoms with Gasteiger partial charge < -0.3 is 28.6 Å². The first-order chi connectivity index (χ1) is 18.5. The average Bonchev–Trinajstić information content (AvgIpc) is 3.51. The number of fused-ring (bicyclic) bond motifs is 4. The maximum Gasteiger partial charge on any atom is 0.289 e. The highest BCUT2D eigenvalue weighted by molar-refractivity contribution is 6.02. The van der Waals surface area contributed by atoms with Crippen LogP contribution in [0.5, 0.6) is 11.5 Å². The number of methoxy groups -OCH3 is 2. The van der Waals surface area contributed by atoms with Crippen LogP contribution in [0.2, 0.25) is 0 Å². The van der Waals surface area contributed by atoms with Crippen molar-refractivity contribution in [2.75, 3.05) is 46.9 Å². The van der Waals surface area contributed by atoms with Crippen LogP contribution in [-0.4, -0.2) is 79.4 Å². The second kappa shape index (κ2) is 9.55. The van der Waals surface area contributed by atoms with Crippen molar-refractivity contribution in [3.05, 3.63) is 82.8 Å². The lowest BCUT2D eigenvalue weighted by Crippen LogP contribution is -2.55. The fraction of sp³-hybridized carbons (Fsp3) is 0.345. The molecule has 6 rings (SSSR count). The Morgan fingerprint density at radius 2 is 1.58 bits per heavy atom. The van der Waals surface area contributed by atoms with Crippen molar-refractivity contribution in [2.45, 2.75) is 18.4 Å². The van der Waals surface area contributed by atoms with E-state index in [1.165, 1.54) is 13.4 Å². The number of nitrogens with zero attached hydrogens (tertiary/aromatic N) is 3. The topological polar surface area (TPSA) is 92.5 Å². The van der Waals surface area contributed by atoms with Crippen molar-refractivity contribution in [2.24, 2.45) is 0 Å². The lowest BCUT2D eigenvalue weighted by atomic mass is 9.75. The van der Waals surface area contributed by atoms with E-state index in [1.54, 1.807) is 36.3 Å². The number of furan rings is 1. The molecule has 0 radical (unpaired) electrons. The Morgan fingerprint density at radius 1 is 0.868 bits per heavy atom. The number of carbonyl (C=O) groups is 3. The number of hydrogen-bond donors (Lipinski definition) is 0. The molecule has 1 saturated heterocycles. The number of carbonyl (C=O) groups excluding carboxylic acids is 3. The zero-order valence-corrected chi connectivity index (χ0v) is 21.4. The van der Waals surface area contributed by atoms with Crippen molar-refractivity contribution < 1.29 is 28.3 Å². The SMILES string of the molecule is COc1cc2c(cc1OC)[C@H](C(=O)N1CCN(C(=O)c3ccco3)CC1)[C@@H]1c3ccccc3CCN1C2=O. The van der Waals surface area contributed by atoms with E-state index in [1.807, 2.05) is 28.0 Å². The Balaban J connectivity index is 1.37. The van der Waals surface area contributed by atoms with Gasteiger partial charge in [-0.1, -0.05) is 24.3 Å². The molecule has 0 bridgehead atoms. The van der Waals surface area contributed by atoms with E-state index in [9.17, 15) is 14.4 Å². The Morgan fingerprint density at radius 3 is 2.29 bits per heavy atom. The average molecular weight is 516 g/mol. The van der Waals surface area contributed by atoms with Crippen molar-refractivity contribution in [3.8, 4) is 11.5 Å². The molecule has 9 nitrogen and oxygen atoms in total. The Bertz CT molecular complexity index is 1390. The molecule has 3 aromatic rings. The van der Waals surface area contributed by atoms with Gasteiger partial charge in [-0.2, -0.15) is 0 Å². The molecule has 2 atom stereocenters. The smallest absolute Gasteiger partial charge is 0.289 e.